The van der Waals surface area contributed by atoms with Gasteiger partial charge in [0.15, 0.2) is 16.9 Å². The van der Waals surface area contributed by atoms with E-state index in [0.717, 1.165) is 5.01 Å². The molecule has 0 fully saturated rings. The molecule has 0 radical (unpaired) electrons. The van der Waals surface area contributed by atoms with E-state index < -0.39 is 11.9 Å². The normalized spacial score (nSPS) is 15.4. The number of ether oxygens (including phenoxy) is 2. The van der Waals surface area contributed by atoms with Crippen molar-refractivity contribution in [3.63, 3.8) is 0 Å². The number of rotatable bonds is 5. The fraction of sp³-hybridized carbons (Fsp3) is 0.250. The van der Waals surface area contributed by atoms with Crippen LogP contribution in [0.2, 0.25) is 0 Å². The molecule has 2 aromatic heterocycles. The summed E-state index contributed by atoms with van der Waals surface area (Å²) in [5, 5.41) is 10.1. The maximum Gasteiger partial charge on any atom is 0.297 e. The number of carbonyl (C=O) groups excluding carboxylic acids is 1. The summed E-state index contributed by atoms with van der Waals surface area (Å²) in [6.45, 7) is 4.02. The minimum absolute atomic E-state index is 0.0137. The Morgan fingerprint density at radius 1 is 1.03 bits per heavy atom. The molecule has 0 N–H and O–H groups in total. The monoisotopic (exact) mass is 463 g/mol. The van der Waals surface area contributed by atoms with E-state index in [1.165, 1.54) is 23.3 Å². The molecule has 33 heavy (non-hydrogen) atoms. The fourth-order valence-corrected chi connectivity index (χ4v) is 4.89. The van der Waals surface area contributed by atoms with Crippen molar-refractivity contribution < 1.29 is 18.7 Å². The van der Waals surface area contributed by atoms with Crippen LogP contribution in [0, 0.1) is 0 Å². The van der Waals surface area contributed by atoms with Gasteiger partial charge < -0.3 is 13.9 Å². The van der Waals surface area contributed by atoms with E-state index in [9.17, 15) is 9.59 Å². The first-order valence-electron chi connectivity index (χ1n) is 10.4. The van der Waals surface area contributed by atoms with E-state index in [2.05, 4.69) is 10.2 Å². The Labute approximate surface area is 193 Å². The molecule has 8 nitrogen and oxygen atoms in total. The van der Waals surface area contributed by atoms with E-state index in [-0.39, 0.29) is 22.7 Å². The van der Waals surface area contributed by atoms with E-state index >= 15 is 0 Å². The molecular formula is C24H21N3O5S. The number of amides is 1. The van der Waals surface area contributed by atoms with Crippen molar-refractivity contribution in [3.05, 3.63) is 74.6 Å². The first kappa shape index (κ1) is 21.1. The lowest BCUT2D eigenvalue weighted by Gasteiger charge is -2.23. The number of fused-ring (bicyclic) bond motifs is 2. The highest BCUT2D eigenvalue weighted by atomic mass is 32.1. The van der Waals surface area contributed by atoms with Crippen LogP contribution in [-0.2, 0) is 0 Å². The molecule has 5 rings (SSSR count). The average molecular weight is 464 g/mol. The van der Waals surface area contributed by atoms with Crippen LogP contribution in [-0.4, -0.2) is 30.3 Å². The number of para-hydroxylation sites is 1. The quantitative estimate of drug-likeness (QED) is 0.429. The zero-order valence-corrected chi connectivity index (χ0v) is 19.3. The summed E-state index contributed by atoms with van der Waals surface area (Å²) in [4.78, 5) is 28.7. The molecule has 0 bridgehead atoms. The summed E-state index contributed by atoms with van der Waals surface area (Å²) < 4.78 is 16.8. The van der Waals surface area contributed by atoms with Gasteiger partial charge in [0.1, 0.15) is 10.6 Å². The zero-order chi connectivity index (χ0) is 23.3. The zero-order valence-electron chi connectivity index (χ0n) is 18.5. The Morgan fingerprint density at radius 2 is 1.79 bits per heavy atom. The smallest absolute Gasteiger partial charge is 0.297 e. The van der Waals surface area contributed by atoms with Gasteiger partial charge in [-0.25, -0.2) is 0 Å². The minimum Gasteiger partial charge on any atom is -0.493 e. The number of carbonyl (C=O) groups is 1. The summed E-state index contributed by atoms with van der Waals surface area (Å²) in [5.74, 6) is 0.763. The van der Waals surface area contributed by atoms with Crippen LogP contribution in [0.3, 0.4) is 0 Å². The summed E-state index contributed by atoms with van der Waals surface area (Å²) >= 11 is 1.32. The molecule has 0 saturated carbocycles. The van der Waals surface area contributed by atoms with Crippen LogP contribution in [0.1, 0.15) is 52.5 Å². The van der Waals surface area contributed by atoms with Gasteiger partial charge in [-0.3, -0.25) is 14.5 Å². The van der Waals surface area contributed by atoms with Crippen LogP contribution in [0.15, 0.2) is 51.7 Å². The largest absolute Gasteiger partial charge is 0.493 e. The Hall–Kier alpha value is -3.72. The number of anilines is 1. The van der Waals surface area contributed by atoms with E-state index in [1.807, 2.05) is 13.8 Å². The van der Waals surface area contributed by atoms with Gasteiger partial charge in [0.2, 0.25) is 10.9 Å². The van der Waals surface area contributed by atoms with Crippen LogP contribution in [0.25, 0.3) is 11.0 Å². The number of hydrogen-bond acceptors (Lipinski definition) is 8. The molecule has 0 unspecified atom stereocenters. The van der Waals surface area contributed by atoms with Crippen molar-refractivity contribution in [2.24, 2.45) is 0 Å². The standard InChI is InChI=1S/C24H21N3O5S/c1-12(2)22-25-26-24(33-22)27-19(13-9-10-16(30-3)17(11-13)31-4)18-20(28)14-7-5-6-8-15(14)32-21(18)23(27)29/h5-12,19H,1-4H3/t19-/m1/s1. The van der Waals surface area contributed by atoms with Gasteiger partial charge in [-0.1, -0.05) is 43.4 Å². The van der Waals surface area contributed by atoms with Crippen molar-refractivity contribution in [3.8, 4) is 11.5 Å². The first-order chi connectivity index (χ1) is 15.9. The Kier molecular flexibility index (Phi) is 5.13. The van der Waals surface area contributed by atoms with E-state index in [1.54, 1.807) is 49.6 Å². The van der Waals surface area contributed by atoms with Crippen molar-refractivity contribution in [1.82, 2.24) is 10.2 Å². The molecule has 3 heterocycles. The predicted octanol–water partition coefficient (Wildman–Crippen LogP) is 4.53. The van der Waals surface area contributed by atoms with Gasteiger partial charge in [-0.05, 0) is 29.8 Å². The van der Waals surface area contributed by atoms with Crippen molar-refractivity contribution >= 4 is 33.3 Å². The van der Waals surface area contributed by atoms with Crippen molar-refractivity contribution in [1.29, 1.82) is 0 Å². The highest BCUT2D eigenvalue weighted by molar-refractivity contribution is 7.15. The summed E-state index contributed by atoms with van der Waals surface area (Å²) in [6, 6.07) is 11.5. The maximum absolute atomic E-state index is 13.6. The lowest BCUT2D eigenvalue weighted by Crippen LogP contribution is -2.29. The molecule has 1 aliphatic heterocycles. The number of benzene rings is 2. The lowest BCUT2D eigenvalue weighted by atomic mass is 9.98. The highest BCUT2D eigenvalue weighted by Crippen LogP contribution is 2.44. The van der Waals surface area contributed by atoms with Crippen molar-refractivity contribution in [2.75, 3.05) is 19.1 Å². The maximum atomic E-state index is 13.6. The van der Waals surface area contributed by atoms with Crippen LogP contribution >= 0.6 is 11.3 Å². The molecule has 0 spiro atoms. The molecule has 0 saturated heterocycles. The van der Waals surface area contributed by atoms with Crippen LogP contribution < -0.4 is 19.8 Å². The fourth-order valence-electron chi connectivity index (χ4n) is 4.01. The van der Waals surface area contributed by atoms with E-state index in [0.29, 0.717) is 33.2 Å². The van der Waals surface area contributed by atoms with Crippen LogP contribution in [0.5, 0.6) is 11.5 Å². The Morgan fingerprint density at radius 3 is 2.48 bits per heavy atom. The van der Waals surface area contributed by atoms with Gasteiger partial charge in [0.25, 0.3) is 5.91 Å². The van der Waals surface area contributed by atoms with Gasteiger partial charge in [0.05, 0.1) is 31.2 Å². The molecule has 1 amide bonds. The topological polar surface area (TPSA) is 94.8 Å². The molecule has 2 aromatic carbocycles. The van der Waals surface area contributed by atoms with Gasteiger partial charge in [-0.15, -0.1) is 10.2 Å². The second-order valence-electron chi connectivity index (χ2n) is 7.94. The lowest BCUT2D eigenvalue weighted by molar-refractivity contribution is 0.0970. The van der Waals surface area contributed by atoms with E-state index in [4.69, 9.17) is 13.9 Å². The summed E-state index contributed by atoms with van der Waals surface area (Å²) in [7, 11) is 3.09. The van der Waals surface area contributed by atoms with Crippen molar-refractivity contribution in [2.45, 2.75) is 25.8 Å². The SMILES string of the molecule is COc1ccc([C@@H]2c3c(oc4ccccc4c3=O)C(=O)N2c2nnc(C(C)C)s2)cc1OC. The van der Waals surface area contributed by atoms with Gasteiger partial charge in [0, 0.05) is 5.92 Å². The third kappa shape index (κ3) is 3.27. The first-order valence-corrected chi connectivity index (χ1v) is 11.2. The minimum atomic E-state index is -0.749. The molecule has 9 heteroatoms. The molecular weight excluding hydrogens is 442 g/mol. The van der Waals surface area contributed by atoms with Gasteiger partial charge in [-0.2, -0.15) is 0 Å². The van der Waals surface area contributed by atoms with Gasteiger partial charge >= 0.3 is 0 Å². The Bertz CT molecular complexity index is 1440. The number of methoxy groups -OCH3 is 2. The average Bonchev–Trinajstić information content (AvgIpc) is 3.42. The second kappa shape index (κ2) is 8.00. The third-order valence-electron chi connectivity index (χ3n) is 5.63. The third-order valence-corrected chi connectivity index (χ3v) is 6.85. The highest BCUT2D eigenvalue weighted by Gasteiger charge is 2.45. The Balaban J connectivity index is 1.78. The summed E-state index contributed by atoms with van der Waals surface area (Å²) in [5.41, 5.74) is 1.05. The summed E-state index contributed by atoms with van der Waals surface area (Å²) in [6.07, 6.45) is 0. The molecule has 4 aromatic rings. The predicted molar refractivity (Wildman–Crippen MR) is 125 cm³/mol. The molecule has 168 valence electrons. The number of aromatic nitrogens is 2. The second-order valence-corrected chi connectivity index (χ2v) is 8.93. The molecule has 1 atom stereocenters. The molecule has 0 aliphatic carbocycles. The molecule has 1 aliphatic rings. The number of nitrogens with zero attached hydrogens (tertiary/aromatic N) is 3. The number of hydrogen-bond donors (Lipinski definition) is 0. The van der Waals surface area contributed by atoms with Crippen LogP contribution in [0.4, 0.5) is 5.13 Å².